The van der Waals surface area contributed by atoms with Crippen molar-refractivity contribution in [3.63, 3.8) is 0 Å². The quantitative estimate of drug-likeness (QED) is 0.919. The Morgan fingerprint density at radius 1 is 1.22 bits per heavy atom. The number of nitrogens with two attached hydrogens (primary N) is 1. The number of halogens is 2. The molecular formula is C14H13BrClNO. The Morgan fingerprint density at radius 3 is 2.67 bits per heavy atom. The summed E-state index contributed by atoms with van der Waals surface area (Å²) < 4.78 is 6.04. The van der Waals surface area contributed by atoms with E-state index < -0.39 is 0 Å². The molecule has 1 atom stereocenters. The minimum Gasteiger partial charge on any atom is -0.497 e. The molecule has 0 amide bonds. The van der Waals surface area contributed by atoms with Crippen molar-refractivity contribution in [3.05, 3.63) is 63.1 Å². The van der Waals surface area contributed by atoms with Crippen LogP contribution >= 0.6 is 27.5 Å². The van der Waals surface area contributed by atoms with E-state index >= 15 is 0 Å². The predicted molar refractivity (Wildman–Crippen MR) is 78.2 cm³/mol. The maximum atomic E-state index is 6.25. The average Bonchev–Trinajstić information content (AvgIpc) is 2.41. The fourth-order valence-corrected chi connectivity index (χ4v) is 2.40. The zero-order valence-corrected chi connectivity index (χ0v) is 12.2. The summed E-state index contributed by atoms with van der Waals surface area (Å²) >= 11 is 9.66. The summed E-state index contributed by atoms with van der Waals surface area (Å²) in [4.78, 5) is 0. The lowest BCUT2D eigenvalue weighted by Crippen LogP contribution is -2.12. The Hall–Kier alpha value is -1.03. The predicted octanol–water partition coefficient (Wildman–Crippen LogP) is 4.16. The Morgan fingerprint density at radius 2 is 1.94 bits per heavy atom. The van der Waals surface area contributed by atoms with Crippen LogP contribution in [0, 0.1) is 0 Å². The minimum absolute atomic E-state index is 0.273. The van der Waals surface area contributed by atoms with E-state index in [4.69, 9.17) is 22.1 Å². The van der Waals surface area contributed by atoms with Crippen LogP contribution in [-0.4, -0.2) is 7.11 Å². The summed E-state index contributed by atoms with van der Waals surface area (Å²) in [6, 6.07) is 13.2. The van der Waals surface area contributed by atoms with Crippen molar-refractivity contribution in [1.82, 2.24) is 0 Å². The van der Waals surface area contributed by atoms with Crippen molar-refractivity contribution in [2.75, 3.05) is 7.11 Å². The fourth-order valence-electron chi connectivity index (χ4n) is 1.78. The molecule has 0 bridgehead atoms. The number of benzene rings is 2. The third kappa shape index (κ3) is 2.69. The van der Waals surface area contributed by atoms with Crippen molar-refractivity contribution in [2.24, 2.45) is 5.73 Å². The smallest absolute Gasteiger partial charge is 0.119 e. The van der Waals surface area contributed by atoms with Crippen molar-refractivity contribution in [2.45, 2.75) is 6.04 Å². The van der Waals surface area contributed by atoms with Crippen LogP contribution in [0.2, 0.25) is 5.02 Å². The molecule has 0 aliphatic heterocycles. The molecule has 0 heterocycles. The summed E-state index contributed by atoms with van der Waals surface area (Å²) in [6.45, 7) is 0. The van der Waals surface area contributed by atoms with Gasteiger partial charge in [0.25, 0.3) is 0 Å². The third-order valence-corrected chi connectivity index (χ3v) is 4.08. The summed E-state index contributed by atoms with van der Waals surface area (Å²) in [5, 5.41) is 0.646. The van der Waals surface area contributed by atoms with Crippen molar-refractivity contribution in [3.8, 4) is 5.75 Å². The highest BCUT2D eigenvalue weighted by Gasteiger charge is 2.14. The van der Waals surface area contributed by atoms with Crippen LogP contribution in [0.5, 0.6) is 5.75 Å². The molecule has 0 radical (unpaired) electrons. The zero-order valence-electron chi connectivity index (χ0n) is 9.86. The highest BCUT2D eigenvalue weighted by molar-refractivity contribution is 9.10. The van der Waals surface area contributed by atoms with Gasteiger partial charge in [-0.15, -0.1) is 0 Å². The Kier molecular flexibility index (Phi) is 4.27. The van der Waals surface area contributed by atoms with Crippen molar-refractivity contribution < 1.29 is 4.74 Å². The molecule has 0 fully saturated rings. The first-order valence-corrected chi connectivity index (χ1v) is 6.64. The van der Waals surface area contributed by atoms with Crippen LogP contribution in [0.3, 0.4) is 0 Å². The molecule has 2 N–H and O–H groups in total. The second kappa shape index (κ2) is 5.74. The standard InChI is InChI=1S/C14H13BrClNO/c1-18-10-5-2-4-9(8-10)14(17)11-6-3-7-12(15)13(11)16/h2-8,14H,17H2,1H3. The van der Waals surface area contributed by atoms with Gasteiger partial charge < -0.3 is 10.5 Å². The Bertz CT molecular complexity index is 559. The largest absolute Gasteiger partial charge is 0.497 e. The van der Waals surface area contributed by atoms with Crippen molar-refractivity contribution in [1.29, 1.82) is 0 Å². The SMILES string of the molecule is COc1cccc(C(N)c2cccc(Br)c2Cl)c1. The molecular weight excluding hydrogens is 314 g/mol. The molecule has 94 valence electrons. The van der Waals surface area contributed by atoms with E-state index in [9.17, 15) is 0 Å². The summed E-state index contributed by atoms with van der Waals surface area (Å²) in [5.74, 6) is 0.786. The Labute approximate surface area is 120 Å². The van der Waals surface area contributed by atoms with E-state index in [-0.39, 0.29) is 6.04 Å². The van der Waals surface area contributed by atoms with E-state index in [2.05, 4.69) is 15.9 Å². The van der Waals surface area contributed by atoms with Crippen LogP contribution in [0.1, 0.15) is 17.2 Å². The molecule has 0 saturated heterocycles. The summed E-state index contributed by atoms with van der Waals surface area (Å²) in [5.41, 5.74) is 8.10. The highest BCUT2D eigenvalue weighted by Crippen LogP contribution is 2.32. The van der Waals surface area contributed by atoms with Crippen molar-refractivity contribution >= 4 is 27.5 Å². The number of hydrogen-bond donors (Lipinski definition) is 1. The lowest BCUT2D eigenvalue weighted by Gasteiger charge is -2.15. The number of methoxy groups -OCH3 is 1. The molecule has 18 heavy (non-hydrogen) atoms. The molecule has 1 unspecified atom stereocenters. The van der Waals surface area contributed by atoms with Crippen LogP contribution in [0.15, 0.2) is 46.9 Å². The first-order valence-electron chi connectivity index (χ1n) is 5.47. The fraction of sp³-hybridized carbons (Fsp3) is 0.143. The Balaban J connectivity index is 2.41. The highest BCUT2D eigenvalue weighted by atomic mass is 79.9. The molecule has 2 aromatic carbocycles. The van der Waals surface area contributed by atoms with Gasteiger partial charge in [0, 0.05) is 4.47 Å². The van der Waals surface area contributed by atoms with Gasteiger partial charge in [0.05, 0.1) is 18.2 Å². The van der Waals surface area contributed by atoms with Crippen LogP contribution in [0.25, 0.3) is 0 Å². The van der Waals surface area contributed by atoms with E-state index in [0.717, 1.165) is 21.3 Å². The molecule has 0 aromatic heterocycles. The van der Waals surface area contributed by atoms with Gasteiger partial charge >= 0.3 is 0 Å². The first-order chi connectivity index (χ1) is 8.63. The molecule has 0 spiro atoms. The lowest BCUT2D eigenvalue weighted by atomic mass is 9.99. The second-order valence-electron chi connectivity index (χ2n) is 3.90. The van der Waals surface area contributed by atoms with Gasteiger partial charge in [-0.1, -0.05) is 35.9 Å². The van der Waals surface area contributed by atoms with Crippen LogP contribution < -0.4 is 10.5 Å². The summed E-state index contributed by atoms with van der Waals surface area (Å²) in [7, 11) is 1.64. The van der Waals surface area contributed by atoms with Gasteiger partial charge in [0.1, 0.15) is 5.75 Å². The number of hydrogen-bond acceptors (Lipinski definition) is 2. The van der Waals surface area contributed by atoms with E-state index in [1.165, 1.54) is 0 Å². The molecule has 2 aromatic rings. The first kappa shape index (κ1) is 13.4. The van der Waals surface area contributed by atoms with Gasteiger partial charge in [0.15, 0.2) is 0 Å². The normalized spacial score (nSPS) is 12.2. The minimum atomic E-state index is -0.273. The van der Waals surface area contributed by atoms with E-state index in [1.54, 1.807) is 7.11 Å². The van der Waals surface area contributed by atoms with Crippen LogP contribution in [-0.2, 0) is 0 Å². The van der Waals surface area contributed by atoms with Gasteiger partial charge in [0.2, 0.25) is 0 Å². The molecule has 4 heteroatoms. The van der Waals surface area contributed by atoms with Gasteiger partial charge in [-0.2, -0.15) is 0 Å². The van der Waals surface area contributed by atoms with Gasteiger partial charge in [-0.25, -0.2) is 0 Å². The van der Waals surface area contributed by atoms with Gasteiger partial charge in [-0.3, -0.25) is 0 Å². The zero-order chi connectivity index (χ0) is 13.1. The van der Waals surface area contributed by atoms with E-state index in [1.807, 2.05) is 42.5 Å². The molecule has 2 nitrogen and oxygen atoms in total. The average molecular weight is 327 g/mol. The van der Waals surface area contributed by atoms with Crippen LogP contribution in [0.4, 0.5) is 0 Å². The number of rotatable bonds is 3. The maximum absolute atomic E-state index is 6.25. The molecule has 2 rings (SSSR count). The summed E-state index contributed by atoms with van der Waals surface area (Å²) in [6.07, 6.45) is 0. The second-order valence-corrected chi connectivity index (χ2v) is 5.13. The molecule has 0 aliphatic rings. The molecule has 0 aliphatic carbocycles. The van der Waals surface area contributed by atoms with E-state index in [0.29, 0.717) is 5.02 Å². The monoisotopic (exact) mass is 325 g/mol. The van der Waals surface area contributed by atoms with Gasteiger partial charge in [-0.05, 0) is 45.3 Å². The number of ether oxygens (including phenoxy) is 1. The third-order valence-electron chi connectivity index (χ3n) is 2.77. The lowest BCUT2D eigenvalue weighted by molar-refractivity contribution is 0.414. The maximum Gasteiger partial charge on any atom is 0.119 e. The topological polar surface area (TPSA) is 35.2 Å². The molecule has 0 saturated carbocycles.